The lowest BCUT2D eigenvalue weighted by Gasteiger charge is -2.15. The summed E-state index contributed by atoms with van der Waals surface area (Å²) < 4.78 is 0. The van der Waals surface area contributed by atoms with E-state index in [9.17, 15) is 14.4 Å². The number of anilines is 1. The van der Waals surface area contributed by atoms with Gasteiger partial charge in [0.05, 0.1) is 6.04 Å². The Kier molecular flexibility index (Phi) is 3.91. The van der Waals surface area contributed by atoms with Crippen LogP contribution in [0.3, 0.4) is 0 Å². The molecule has 0 saturated heterocycles. The quantitative estimate of drug-likeness (QED) is 0.580. The normalized spacial score (nSPS) is 12.0. The SMILES string of the molecule is CC(NC(=O)c1[nH]c(=O)[nH]c(=O)c1N)c1ccc2ccccc2c1. The molecule has 0 fully saturated rings. The smallest absolute Gasteiger partial charge is 0.326 e. The van der Waals surface area contributed by atoms with Crippen LogP contribution in [-0.4, -0.2) is 15.9 Å². The van der Waals surface area contributed by atoms with Crippen molar-refractivity contribution in [3.8, 4) is 0 Å². The molecule has 1 heterocycles. The average Bonchev–Trinajstić information content (AvgIpc) is 2.57. The fourth-order valence-electron chi connectivity index (χ4n) is 2.50. The molecule has 7 heteroatoms. The number of nitrogens with two attached hydrogens (primary N) is 1. The Morgan fingerprint density at radius 2 is 1.79 bits per heavy atom. The lowest BCUT2D eigenvalue weighted by molar-refractivity contribution is 0.0935. The number of carbonyl (C=O) groups is 1. The predicted octanol–water partition coefficient (Wildman–Crippen LogP) is 1.29. The Morgan fingerprint density at radius 3 is 2.54 bits per heavy atom. The van der Waals surface area contributed by atoms with Gasteiger partial charge in [-0.05, 0) is 29.3 Å². The highest BCUT2D eigenvalue weighted by Crippen LogP contribution is 2.20. The lowest BCUT2D eigenvalue weighted by Crippen LogP contribution is -2.34. The summed E-state index contributed by atoms with van der Waals surface area (Å²) in [6.07, 6.45) is 0. The zero-order valence-electron chi connectivity index (χ0n) is 12.9. The third kappa shape index (κ3) is 2.91. The molecule has 0 saturated carbocycles. The first-order valence-electron chi connectivity index (χ1n) is 7.37. The summed E-state index contributed by atoms with van der Waals surface area (Å²) in [7, 11) is 0. The molecule has 3 aromatic rings. The van der Waals surface area contributed by atoms with E-state index >= 15 is 0 Å². The van der Waals surface area contributed by atoms with Crippen LogP contribution in [0.5, 0.6) is 0 Å². The highest BCUT2D eigenvalue weighted by molar-refractivity contribution is 5.97. The van der Waals surface area contributed by atoms with Gasteiger partial charge >= 0.3 is 5.69 Å². The van der Waals surface area contributed by atoms with E-state index in [2.05, 4.69) is 10.3 Å². The Hall–Kier alpha value is -3.35. The maximum absolute atomic E-state index is 12.3. The Morgan fingerprint density at radius 1 is 1.08 bits per heavy atom. The number of aromatic nitrogens is 2. The summed E-state index contributed by atoms with van der Waals surface area (Å²) >= 11 is 0. The fraction of sp³-hybridized carbons (Fsp3) is 0.118. The summed E-state index contributed by atoms with van der Waals surface area (Å²) in [6, 6.07) is 13.4. The molecule has 7 nitrogen and oxygen atoms in total. The molecule has 1 unspecified atom stereocenters. The van der Waals surface area contributed by atoms with Gasteiger partial charge in [0.2, 0.25) is 0 Å². The Balaban J connectivity index is 1.88. The highest BCUT2D eigenvalue weighted by Gasteiger charge is 2.17. The van der Waals surface area contributed by atoms with Crippen LogP contribution in [0, 0.1) is 0 Å². The number of carbonyl (C=O) groups excluding carboxylic acids is 1. The standard InChI is InChI=1S/C17H16N4O3/c1-9(11-7-6-10-4-2-3-5-12(10)8-11)19-16(23)14-13(18)15(22)21-17(24)20-14/h2-9H,18H2,1H3,(H,19,23)(H2,20,21,22,24). The van der Waals surface area contributed by atoms with Crippen LogP contribution in [-0.2, 0) is 0 Å². The topological polar surface area (TPSA) is 121 Å². The van der Waals surface area contributed by atoms with Gasteiger partial charge in [-0.2, -0.15) is 0 Å². The van der Waals surface area contributed by atoms with Crippen molar-refractivity contribution in [2.75, 3.05) is 5.73 Å². The number of fused-ring (bicyclic) bond motifs is 1. The maximum Gasteiger partial charge on any atom is 0.326 e. The molecular weight excluding hydrogens is 308 g/mol. The summed E-state index contributed by atoms with van der Waals surface area (Å²) in [5.74, 6) is -0.614. The van der Waals surface area contributed by atoms with Crippen molar-refractivity contribution in [2.45, 2.75) is 13.0 Å². The lowest BCUT2D eigenvalue weighted by atomic mass is 10.0. The molecular formula is C17H16N4O3. The van der Waals surface area contributed by atoms with Crippen LogP contribution < -0.4 is 22.3 Å². The van der Waals surface area contributed by atoms with E-state index < -0.39 is 17.2 Å². The van der Waals surface area contributed by atoms with E-state index in [1.807, 2.05) is 54.4 Å². The van der Waals surface area contributed by atoms with E-state index in [0.29, 0.717) is 0 Å². The molecule has 2 aromatic carbocycles. The van der Waals surface area contributed by atoms with E-state index in [0.717, 1.165) is 16.3 Å². The zero-order valence-corrected chi connectivity index (χ0v) is 12.9. The average molecular weight is 324 g/mol. The zero-order chi connectivity index (χ0) is 17.3. The molecule has 0 bridgehead atoms. The number of amides is 1. The molecule has 5 N–H and O–H groups in total. The number of nitrogen functional groups attached to an aromatic ring is 1. The molecule has 0 aliphatic carbocycles. The second-order valence-electron chi connectivity index (χ2n) is 5.50. The predicted molar refractivity (Wildman–Crippen MR) is 91.9 cm³/mol. The minimum Gasteiger partial charge on any atom is -0.392 e. The molecule has 0 spiro atoms. The number of hydrogen-bond acceptors (Lipinski definition) is 4. The Labute approximate surface area is 136 Å². The fourth-order valence-corrected chi connectivity index (χ4v) is 2.50. The van der Waals surface area contributed by atoms with E-state index in [4.69, 9.17) is 5.73 Å². The molecule has 122 valence electrons. The van der Waals surface area contributed by atoms with Crippen LogP contribution >= 0.6 is 0 Å². The third-order valence-electron chi connectivity index (χ3n) is 3.83. The molecule has 1 amide bonds. The molecule has 0 aliphatic heterocycles. The largest absolute Gasteiger partial charge is 0.392 e. The van der Waals surface area contributed by atoms with Gasteiger partial charge in [0, 0.05) is 0 Å². The van der Waals surface area contributed by atoms with Gasteiger partial charge in [0.25, 0.3) is 11.5 Å². The van der Waals surface area contributed by atoms with Gasteiger partial charge in [0.15, 0.2) is 0 Å². The molecule has 0 aliphatic rings. The van der Waals surface area contributed by atoms with Gasteiger partial charge in [-0.25, -0.2) is 4.79 Å². The van der Waals surface area contributed by atoms with Crippen molar-refractivity contribution >= 4 is 22.4 Å². The Bertz CT molecular complexity index is 1040. The minimum atomic E-state index is -0.790. The first-order chi connectivity index (χ1) is 11.5. The molecule has 0 radical (unpaired) electrons. The van der Waals surface area contributed by atoms with E-state index in [-0.39, 0.29) is 17.4 Å². The van der Waals surface area contributed by atoms with Gasteiger partial charge in [0.1, 0.15) is 11.4 Å². The van der Waals surface area contributed by atoms with Crippen molar-refractivity contribution in [1.82, 2.24) is 15.3 Å². The number of hydrogen-bond donors (Lipinski definition) is 4. The van der Waals surface area contributed by atoms with Gasteiger partial charge < -0.3 is 16.0 Å². The van der Waals surface area contributed by atoms with Gasteiger partial charge in [-0.15, -0.1) is 0 Å². The molecule has 1 atom stereocenters. The third-order valence-corrected chi connectivity index (χ3v) is 3.83. The van der Waals surface area contributed by atoms with Crippen molar-refractivity contribution in [1.29, 1.82) is 0 Å². The molecule has 1 aromatic heterocycles. The van der Waals surface area contributed by atoms with Gasteiger partial charge in [-0.1, -0.05) is 36.4 Å². The highest BCUT2D eigenvalue weighted by atomic mass is 16.2. The molecule has 3 rings (SSSR count). The number of rotatable bonds is 3. The summed E-state index contributed by atoms with van der Waals surface area (Å²) in [4.78, 5) is 39.3. The first-order valence-corrected chi connectivity index (χ1v) is 7.37. The number of H-pyrrole nitrogens is 2. The summed E-state index contributed by atoms with van der Waals surface area (Å²) in [5.41, 5.74) is 4.33. The second kappa shape index (κ2) is 6.04. The number of nitrogens with one attached hydrogen (secondary N) is 3. The van der Waals surface area contributed by atoms with Crippen LogP contribution in [0.15, 0.2) is 52.1 Å². The van der Waals surface area contributed by atoms with Crippen LogP contribution in [0.25, 0.3) is 10.8 Å². The summed E-state index contributed by atoms with van der Waals surface area (Å²) in [6.45, 7) is 1.81. The van der Waals surface area contributed by atoms with Gasteiger partial charge in [-0.3, -0.25) is 14.6 Å². The number of aromatic amines is 2. The minimum absolute atomic E-state index is 0.239. The second-order valence-corrected chi connectivity index (χ2v) is 5.50. The van der Waals surface area contributed by atoms with Crippen LogP contribution in [0.4, 0.5) is 5.69 Å². The van der Waals surface area contributed by atoms with E-state index in [1.165, 1.54) is 0 Å². The van der Waals surface area contributed by atoms with Crippen LogP contribution in [0.1, 0.15) is 29.0 Å². The monoisotopic (exact) mass is 324 g/mol. The van der Waals surface area contributed by atoms with Crippen molar-refractivity contribution in [3.05, 3.63) is 74.6 Å². The van der Waals surface area contributed by atoms with E-state index in [1.54, 1.807) is 0 Å². The first kappa shape index (κ1) is 15.5. The van der Waals surface area contributed by atoms with Crippen molar-refractivity contribution in [2.24, 2.45) is 0 Å². The van der Waals surface area contributed by atoms with Crippen molar-refractivity contribution < 1.29 is 4.79 Å². The summed E-state index contributed by atoms with van der Waals surface area (Å²) in [5, 5.41) is 4.89. The maximum atomic E-state index is 12.3. The van der Waals surface area contributed by atoms with Crippen molar-refractivity contribution in [3.63, 3.8) is 0 Å². The van der Waals surface area contributed by atoms with Crippen LogP contribution in [0.2, 0.25) is 0 Å². The number of benzene rings is 2. The molecule has 24 heavy (non-hydrogen) atoms.